The summed E-state index contributed by atoms with van der Waals surface area (Å²) in [5, 5.41) is 7.50. The van der Waals surface area contributed by atoms with Gasteiger partial charge in [0.15, 0.2) is 0 Å². The van der Waals surface area contributed by atoms with Crippen molar-refractivity contribution in [1.82, 2.24) is 4.98 Å². The first-order valence-corrected chi connectivity index (χ1v) is 9.25. The van der Waals surface area contributed by atoms with E-state index in [1.807, 2.05) is 17.5 Å². The lowest BCUT2D eigenvalue weighted by atomic mass is 10.0. The molecule has 5 aromatic rings. The van der Waals surface area contributed by atoms with Crippen LogP contribution in [0.1, 0.15) is 5.56 Å². The van der Waals surface area contributed by atoms with E-state index in [4.69, 9.17) is 0 Å². The highest BCUT2D eigenvalue weighted by Gasteiger charge is 2.14. The van der Waals surface area contributed by atoms with Crippen LogP contribution < -0.4 is 0 Å². The fraction of sp³-hybridized carbons (Fsp3) is 0.0500. The number of benzene rings is 2. The summed E-state index contributed by atoms with van der Waals surface area (Å²) in [4.78, 5) is 5.94. The molecule has 0 saturated heterocycles. The summed E-state index contributed by atoms with van der Waals surface area (Å²) in [5.41, 5.74) is 2.42. The first-order valence-electron chi connectivity index (χ1n) is 7.56. The molecule has 2 aromatic carbocycles. The van der Waals surface area contributed by atoms with Crippen LogP contribution in [-0.4, -0.2) is 4.98 Å². The van der Waals surface area contributed by atoms with Crippen molar-refractivity contribution in [3.8, 4) is 10.6 Å². The van der Waals surface area contributed by atoms with Crippen molar-refractivity contribution in [2.45, 2.75) is 6.92 Å². The van der Waals surface area contributed by atoms with E-state index in [1.54, 1.807) is 11.3 Å². The molecular weight excluding hydrogens is 318 g/mol. The first kappa shape index (κ1) is 13.2. The molecule has 0 aliphatic carbocycles. The minimum Gasteiger partial charge on any atom is -0.254 e. The molecule has 5 rings (SSSR count). The molecule has 0 saturated carbocycles. The normalized spacial score (nSPS) is 11.7. The lowest BCUT2D eigenvalue weighted by Crippen LogP contribution is -1.79. The number of aryl methyl sites for hydroxylation is 1. The third-order valence-electron chi connectivity index (χ3n) is 4.24. The Morgan fingerprint density at radius 1 is 0.957 bits per heavy atom. The van der Waals surface area contributed by atoms with Gasteiger partial charge in [0.2, 0.25) is 0 Å². The third-order valence-corrected chi connectivity index (χ3v) is 6.47. The van der Waals surface area contributed by atoms with Crippen molar-refractivity contribution in [2.75, 3.05) is 0 Å². The van der Waals surface area contributed by atoms with Crippen molar-refractivity contribution < 1.29 is 0 Å². The molecule has 0 amide bonds. The van der Waals surface area contributed by atoms with Crippen LogP contribution in [0.4, 0.5) is 0 Å². The van der Waals surface area contributed by atoms with Gasteiger partial charge in [0.1, 0.15) is 0 Å². The molecular formula is C20H13NS2. The van der Waals surface area contributed by atoms with Crippen LogP contribution >= 0.6 is 22.7 Å². The van der Waals surface area contributed by atoms with Crippen molar-refractivity contribution in [3.63, 3.8) is 0 Å². The van der Waals surface area contributed by atoms with Crippen LogP contribution in [0.25, 0.3) is 41.5 Å². The zero-order valence-electron chi connectivity index (χ0n) is 12.5. The molecule has 0 bridgehead atoms. The van der Waals surface area contributed by atoms with Gasteiger partial charge in [0.05, 0.1) is 15.3 Å². The van der Waals surface area contributed by atoms with Gasteiger partial charge in [-0.3, -0.25) is 4.98 Å². The average molecular weight is 331 g/mol. The second kappa shape index (κ2) is 4.88. The van der Waals surface area contributed by atoms with Gasteiger partial charge in [-0.2, -0.15) is 0 Å². The highest BCUT2D eigenvalue weighted by Crippen LogP contribution is 2.42. The van der Waals surface area contributed by atoms with Crippen LogP contribution in [0, 0.1) is 6.92 Å². The van der Waals surface area contributed by atoms with Gasteiger partial charge >= 0.3 is 0 Å². The Bertz CT molecular complexity index is 1180. The molecule has 23 heavy (non-hydrogen) atoms. The summed E-state index contributed by atoms with van der Waals surface area (Å²) >= 11 is 3.63. The third kappa shape index (κ3) is 1.94. The van der Waals surface area contributed by atoms with Crippen LogP contribution in [0.15, 0.2) is 60.1 Å². The Kier molecular flexibility index (Phi) is 2.81. The highest BCUT2D eigenvalue weighted by molar-refractivity contribution is 7.26. The van der Waals surface area contributed by atoms with Gasteiger partial charge in [-0.05, 0) is 46.8 Å². The summed E-state index contributed by atoms with van der Waals surface area (Å²) in [6.07, 6.45) is 1.95. The Morgan fingerprint density at radius 2 is 1.87 bits per heavy atom. The number of aromatic nitrogens is 1. The monoisotopic (exact) mass is 331 g/mol. The second-order valence-corrected chi connectivity index (χ2v) is 7.75. The zero-order valence-corrected chi connectivity index (χ0v) is 14.2. The van der Waals surface area contributed by atoms with Crippen LogP contribution in [0.2, 0.25) is 0 Å². The number of thiophene rings is 2. The molecule has 0 N–H and O–H groups in total. The molecule has 0 aliphatic heterocycles. The minimum absolute atomic E-state index is 1.12. The van der Waals surface area contributed by atoms with E-state index in [9.17, 15) is 0 Å². The van der Waals surface area contributed by atoms with Crippen LogP contribution in [0.5, 0.6) is 0 Å². The topological polar surface area (TPSA) is 12.9 Å². The van der Waals surface area contributed by atoms with E-state index in [1.165, 1.54) is 41.4 Å². The number of pyridine rings is 1. The van der Waals surface area contributed by atoms with E-state index in [2.05, 4.69) is 65.8 Å². The molecule has 1 nitrogen and oxygen atoms in total. The molecule has 0 atom stereocenters. The fourth-order valence-electron chi connectivity index (χ4n) is 3.20. The number of hydrogen-bond acceptors (Lipinski definition) is 3. The molecule has 3 heteroatoms. The molecule has 0 aliphatic rings. The van der Waals surface area contributed by atoms with Gasteiger partial charge in [0, 0.05) is 21.7 Å². The minimum atomic E-state index is 1.12. The van der Waals surface area contributed by atoms with Crippen molar-refractivity contribution in [1.29, 1.82) is 0 Å². The molecule has 0 unspecified atom stereocenters. The SMILES string of the molecule is Cc1csc(-c2nccc3c2sc2ccc4ccccc4c23)c1. The standard InChI is InChI=1S/C20H13NS2/c1-12-10-17(22-11-12)19-20-15(8-9-21-19)18-14-5-3-2-4-13(14)6-7-16(18)23-20/h2-11H,1H3. The van der Waals surface area contributed by atoms with Crippen molar-refractivity contribution in [2.24, 2.45) is 0 Å². The van der Waals surface area contributed by atoms with Gasteiger partial charge in [0.25, 0.3) is 0 Å². The number of fused-ring (bicyclic) bond motifs is 5. The molecule has 0 spiro atoms. The lowest BCUT2D eigenvalue weighted by Gasteiger charge is -2.01. The quantitative estimate of drug-likeness (QED) is 0.335. The summed E-state index contributed by atoms with van der Waals surface area (Å²) in [7, 11) is 0. The smallest absolute Gasteiger partial charge is 0.0980 e. The Balaban J connectivity index is 1.95. The van der Waals surface area contributed by atoms with Gasteiger partial charge in [-0.25, -0.2) is 0 Å². The predicted molar refractivity (Wildman–Crippen MR) is 103 cm³/mol. The molecule has 3 heterocycles. The molecule has 0 radical (unpaired) electrons. The van der Waals surface area contributed by atoms with Crippen molar-refractivity contribution >= 4 is 53.6 Å². The maximum Gasteiger partial charge on any atom is 0.0980 e. The largest absolute Gasteiger partial charge is 0.254 e. The van der Waals surface area contributed by atoms with E-state index in [-0.39, 0.29) is 0 Å². The van der Waals surface area contributed by atoms with Crippen molar-refractivity contribution in [3.05, 3.63) is 65.7 Å². The maximum absolute atomic E-state index is 4.69. The van der Waals surface area contributed by atoms with E-state index < -0.39 is 0 Å². The Labute approximate surface area is 141 Å². The molecule has 3 aromatic heterocycles. The fourth-order valence-corrected chi connectivity index (χ4v) is 5.39. The maximum atomic E-state index is 4.69. The van der Waals surface area contributed by atoms with Crippen LogP contribution in [0.3, 0.4) is 0 Å². The van der Waals surface area contributed by atoms with Gasteiger partial charge < -0.3 is 0 Å². The zero-order chi connectivity index (χ0) is 15.4. The van der Waals surface area contributed by atoms with Gasteiger partial charge in [-0.1, -0.05) is 30.3 Å². The average Bonchev–Trinajstić information content (AvgIpc) is 3.18. The van der Waals surface area contributed by atoms with E-state index in [0.717, 1.165) is 5.69 Å². The second-order valence-electron chi connectivity index (χ2n) is 5.79. The first-order chi connectivity index (χ1) is 11.3. The Morgan fingerprint density at radius 3 is 2.74 bits per heavy atom. The predicted octanol–water partition coefficient (Wildman–Crippen LogP) is 6.64. The van der Waals surface area contributed by atoms with Gasteiger partial charge in [-0.15, -0.1) is 22.7 Å². The Hall–Kier alpha value is -2.23. The van der Waals surface area contributed by atoms with Crippen LogP contribution in [-0.2, 0) is 0 Å². The molecule has 110 valence electrons. The number of rotatable bonds is 1. The summed E-state index contributed by atoms with van der Waals surface area (Å²) in [6.45, 7) is 2.14. The number of hydrogen-bond donors (Lipinski definition) is 0. The summed E-state index contributed by atoms with van der Waals surface area (Å²) < 4.78 is 2.63. The van der Waals surface area contributed by atoms with E-state index in [0.29, 0.717) is 0 Å². The summed E-state index contributed by atoms with van der Waals surface area (Å²) in [6, 6.07) is 17.5. The summed E-state index contributed by atoms with van der Waals surface area (Å²) in [5.74, 6) is 0. The van der Waals surface area contributed by atoms with E-state index >= 15 is 0 Å². The molecule has 0 fully saturated rings. The lowest BCUT2D eigenvalue weighted by molar-refractivity contribution is 1.38. The highest BCUT2D eigenvalue weighted by atomic mass is 32.1. The number of nitrogens with zero attached hydrogens (tertiary/aromatic N) is 1.